The Labute approximate surface area is 143 Å². The van der Waals surface area contributed by atoms with Crippen LogP contribution in [0.15, 0.2) is 23.0 Å². The fourth-order valence-electron chi connectivity index (χ4n) is 1.74. The Bertz CT molecular complexity index is 850. The van der Waals surface area contributed by atoms with Gasteiger partial charge in [0.25, 0.3) is 22.9 Å². The number of nitrogens with zero attached hydrogens (tertiary/aromatic N) is 3. The van der Waals surface area contributed by atoms with Crippen molar-refractivity contribution in [1.82, 2.24) is 4.98 Å². The van der Waals surface area contributed by atoms with Gasteiger partial charge in [-0.2, -0.15) is 0 Å². The Hall–Kier alpha value is -3.94. The largest absolute Gasteiger partial charge is 0.863 e. The fraction of sp³-hybridized carbons (Fsp3) is 0.167. The van der Waals surface area contributed by atoms with Gasteiger partial charge in [0.05, 0.1) is 38.7 Å². The molecule has 0 aliphatic rings. The second-order valence-corrected chi connectivity index (χ2v) is 4.65. The van der Waals surface area contributed by atoms with E-state index in [-0.39, 0.29) is 11.0 Å². The van der Waals surface area contributed by atoms with Crippen LogP contribution >= 0.6 is 0 Å². The summed E-state index contributed by atoms with van der Waals surface area (Å²) in [6.07, 6.45) is 0. The van der Waals surface area contributed by atoms with Crippen LogP contribution in [0.1, 0.15) is 11.5 Å². The second-order valence-electron chi connectivity index (χ2n) is 4.65. The molecule has 26 heavy (non-hydrogen) atoms. The number of benzene rings is 1. The van der Waals surface area contributed by atoms with E-state index in [1.807, 2.05) is 13.8 Å². The lowest BCUT2D eigenvalue weighted by atomic mass is 10.2. The smallest absolute Gasteiger partial charge is 0.335 e. The molecule has 0 radical (unpaired) electrons. The molecule has 0 amide bonds. The third-order valence-corrected chi connectivity index (χ3v) is 2.68. The van der Waals surface area contributed by atoms with Crippen LogP contribution in [0, 0.1) is 44.2 Å². The maximum atomic E-state index is 11.1. The molecule has 14 heteroatoms. The van der Waals surface area contributed by atoms with Crippen molar-refractivity contribution in [3.63, 3.8) is 0 Å². The van der Waals surface area contributed by atoms with E-state index in [0.717, 1.165) is 11.5 Å². The Kier molecular flexibility index (Phi) is 7.45. The lowest BCUT2D eigenvalue weighted by molar-refractivity contribution is -0.420. The van der Waals surface area contributed by atoms with Crippen LogP contribution in [-0.2, 0) is 0 Å². The normalized spacial score (nSPS) is 9.31. The van der Waals surface area contributed by atoms with E-state index in [9.17, 15) is 40.2 Å². The summed E-state index contributed by atoms with van der Waals surface area (Å²) in [6, 6.07) is 2.29. The summed E-state index contributed by atoms with van der Waals surface area (Å²) < 4.78 is 0. The number of aromatic amines is 2. The maximum absolute atomic E-state index is 11.1. The highest BCUT2D eigenvalue weighted by Gasteiger charge is 2.24. The molecule has 0 saturated carbocycles. The number of nitro benzene ring substituents is 3. The molecular formula is C12H13N5O9. The van der Waals surface area contributed by atoms with Crippen LogP contribution in [0.4, 0.5) is 17.1 Å². The summed E-state index contributed by atoms with van der Waals surface area (Å²) in [6.45, 7) is 3.66. The van der Waals surface area contributed by atoms with Gasteiger partial charge in [-0.05, 0) is 6.92 Å². The lowest BCUT2D eigenvalue weighted by Gasteiger charge is -2.06. The topological polar surface area (TPSA) is 231 Å². The molecule has 0 spiro atoms. The van der Waals surface area contributed by atoms with Gasteiger partial charge in [0.15, 0.2) is 0 Å². The molecule has 4 N–H and O–H groups in total. The molecule has 0 saturated heterocycles. The van der Waals surface area contributed by atoms with Gasteiger partial charge in [-0.3, -0.25) is 30.3 Å². The first kappa shape index (κ1) is 22.1. The molecule has 0 fully saturated rings. The molecule has 1 aromatic heterocycles. The van der Waals surface area contributed by atoms with E-state index in [1.54, 1.807) is 0 Å². The van der Waals surface area contributed by atoms with Gasteiger partial charge in [0, 0.05) is 6.92 Å². The van der Waals surface area contributed by atoms with Crippen molar-refractivity contribution in [3.8, 4) is 5.75 Å². The van der Waals surface area contributed by atoms with E-state index in [1.165, 1.54) is 6.07 Å². The van der Waals surface area contributed by atoms with Gasteiger partial charge < -0.3 is 10.6 Å². The van der Waals surface area contributed by atoms with Crippen LogP contribution in [0.3, 0.4) is 0 Å². The zero-order valence-electron chi connectivity index (χ0n) is 13.3. The number of hydrogen-bond acceptors (Lipinski definition) is 8. The number of H-pyrrole nitrogens is 2. The first-order chi connectivity index (χ1) is 11.5. The van der Waals surface area contributed by atoms with E-state index in [4.69, 9.17) is 0 Å². The summed E-state index contributed by atoms with van der Waals surface area (Å²) in [5.74, 6) is -0.666. The molecule has 1 aromatic carbocycles. The number of aryl methyl sites for hydroxylation is 2. The Morgan fingerprint density at radius 2 is 1.38 bits per heavy atom. The Morgan fingerprint density at radius 3 is 1.69 bits per heavy atom. The highest BCUT2D eigenvalue weighted by Crippen LogP contribution is 2.36. The number of hydrogen-bond donors (Lipinski definition) is 1. The van der Waals surface area contributed by atoms with E-state index in [0.29, 0.717) is 12.1 Å². The van der Waals surface area contributed by atoms with Gasteiger partial charge >= 0.3 is 5.56 Å². The van der Waals surface area contributed by atoms with Crippen molar-refractivity contribution < 1.29 is 30.3 Å². The average Bonchev–Trinajstić information content (AvgIpc) is 2.45. The van der Waals surface area contributed by atoms with Crippen molar-refractivity contribution in [2.45, 2.75) is 13.8 Å². The van der Waals surface area contributed by atoms with Gasteiger partial charge in [-0.1, -0.05) is 0 Å². The van der Waals surface area contributed by atoms with E-state index in [2.05, 4.69) is 9.97 Å². The van der Waals surface area contributed by atoms with Crippen LogP contribution in [0.5, 0.6) is 5.75 Å². The molecule has 0 atom stereocenters. The molecular weight excluding hydrogens is 358 g/mol. The first-order valence-corrected chi connectivity index (χ1v) is 6.41. The molecule has 0 bridgehead atoms. The van der Waals surface area contributed by atoms with Crippen molar-refractivity contribution in [3.05, 3.63) is 70.4 Å². The van der Waals surface area contributed by atoms with Crippen molar-refractivity contribution >= 4 is 17.1 Å². The number of nitro groups is 3. The Morgan fingerprint density at radius 1 is 0.923 bits per heavy atom. The minimum Gasteiger partial charge on any atom is -0.863 e. The maximum Gasteiger partial charge on any atom is 0.335 e. The summed E-state index contributed by atoms with van der Waals surface area (Å²) in [5, 5.41) is 42.1. The van der Waals surface area contributed by atoms with Gasteiger partial charge in [0.2, 0.25) is 0 Å². The zero-order valence-corrected chi connectivity index (χ0v) is 13.3. The van der Waals surface area contributed by atoms with Crippen molar-refractivity contribution in [2.24, 2.45) is 0 Å². The number of nitrogens with one attached hydrogen (secondary N) is 2. The summed E-state index contributed by atoms with van der Waals surface area (Å²) in [5.41, 5.74) is -2.43. The van der Waals surface area contributed by atoms with Gasteiger partial charge in [-0.25, -0.2) is 14.8 Å². The molecule has 2 aromatic rings. The molecule has 0 unspecified atom stereocenters. The number of rotatable bonds is 3. The second kappa shape index (κ2) is 8.78. The monoisotopic (exact) mass is 371 g/mol. The lowest BCUT2D eigenvalue weighted by Crippen LogP contribution is -2.21. The van der Waals surface area contributed by atoms with E-state index >= 15 is 0 Å². The summed E-state index contributed by atoms with van der Waals surface area (Å²) in [4.78, 5) is 43.7. The highest BCUT2D eigenvalue weighted by molar-refractivity contribution is 5.63. The minimum atomic E-state index is -1.46. The molecule has 14 nitrogen and oxygen atoms in total. The van der Waals surface area contributed by atoms with Gasteiger partial charge in [0.1, 0.15) is 5.69 Å². The summed E-state index contributed by atoms with van der Waals surface area (Å²) in [7, 11) is 0. The Balaban J connectivity index is 0.000000532. The van der Waals surface area contributed by atoms with Gasteiger partial charge in [-0.15, -0.1) is 0 Å². The standard InChI is InChI=1S/C6H3N3O7.C6H8N2O.H2O/c10-6-4(8(13)14)1-3(7(11)12)2-5(6)9(15)16;1-4-3-6(9)8-5(2)7-4;/h1-2,10H;3H,1-2H3,(H,7,8,9);1H2. The first-order valence-electron chi connectivity index (χ1n) is 6.41. The van der Waals surface area contributed by atoms with Crippen molar-refractivity contribution in [1.29, 1.82) is 0 Å². The summed E-state index contributed by atoms with van der Waals surface area (Å²) >= 11 is 0. The van der Waals surface area contributed by atoms with Crippen LogP contribution < -0.4 is 15.6 Å². The fourth-order valence-corrected chi connectivity index (χ4v) is 1.74. The van der Waals surface area contributed by atoms with E-state index < -0.39 is 37.6 Å². The number of aromatic nitrogens is 2. The minimum absolute atomic E-state index is 0. The molecule has 0 aliphatic heterocycles. The third kappa shape index (κ3) is 5.60. The third-order valence-electron chi connectivity index (χ3n) is 2.68. The predicted octanol–water partition coefficient (Wildman–Crippen LogP) is -0.534. The average molecular weight is 371 g/mol. The molecule has 0 aliphatic carbocycles. The van der Waals surface area contributed by atoms with Crippen LogP contribution in [-0.4, -0.2) is 25.2 Å². The predicted molar refractivity (Wildman–Crippen MR) is 82.6 cm³/mol. The van der Waals surface area contributed by atoms with Crippen molar-refractivity contribution in [2.75, 3.05) is 0 Å². The molecule has 140 valence electrons. The quantitative estimate of drug-likeness (QED) is 0.542. The zero-order chi connectivity index (χ0) is 19.3. The van der Waals surface area contributed by atoms with Crippen LogP contribution in [0.25, 0.3) is 0 Å². The number of non-ortho nitro benzene ring substituents is 1. The van der Waals surface area contributed by atoms with Crippen LogP contribution in [0.2, 0.25) is 0 Å². The SMILES string of the molecule is Cc1cc(=O)[nH]c(C)[nH+]1.O.O=[N+]([O-])c1cc([N+](=O)[O-])c([O-])c([N+](=O)[O-])c1. The molecule has 2 rings (SSSR count). The highest BCUT2D eigenvalue weighted by atomic mass is 16.6. The molecule has 1 heterocycles.